The number of para-hydroxylation sites is 1. The summed E-state index contributed by atoms with van der Waals surface area (Å²) in [6.07, 6.45) is 0.415. The lowest BCUT2D eigenvalue weighted by Gasteiger charge is -2.26. The van der Waals surface area contributed by atoms with Gasteiger partial charge in [0.15, 0.2) is 11.5 Å². The molecule has 1 atom stereocenters. The molecule has 0 aliphatic carbocycles. The fraction of sp³-hybridized carbons (Fsp3) is 0.208. The van der Waals surface area contributed by atoms with Crippen molar-refractivity contribution in [1.29, 1.82) is 0 Å². The first-order chi connectivity index (χ1) is 15.0. The molecule has 1 aliphatic rings. The van der Waals surface area contributed by atoms with Crippen LogP contribution in [0.25, 0.3) is 0 Å². The summed E-state index contributed by atoms with van der Waals surface area (Å²) in [6.45, 7) is 1.78. The third kappa shape index (κ3) is 3.77. The molecule has 3 aromatic rings. The fourth-order valence-electron chi connectivity index (χ4n) is 3.87. The van der Waals surface area contributed by atoms with E-state index in [1.807, 2.05) is 48.5 Å². The van der Waals surface area contributed by atoms with Crippen LogP contribution in [-0.4, -0.2) is 32.8 Å². The molecule has 1 heterocycles. The zero-order valence-electron chi connectivity index (χ0n) is 17.6. The molecule has 160 valence electrons. The van der Waals surface area contributed by atoms with E-state index < -0.39 is 16.1 Å². The van der Waals surface area contributed by atoms with Crippen molar-refractivity contribution in [2.45, 2.75) is 24.3 Å². The summed E-state index contributed by atoms with van der Waals surface area (Å²) in [7, 11) is -0.792. The SMILES string of the molecule is COc1cccc(C2CC(c3ccccc3)=NN2S(=O)(=O)c2ccccc2C)c1OC. The number of methoxy groups -OCH3 is 2. The molecule has 1 unspecified atom stereocenters. The van der Waals surface area contributed by atoms with E-state index in [-0.39, 0.29) is 4.90 Å². The molecule has 31 heavy (non-hydrogen) atoms. The normalized spacial score (nSPS) is 16.2. The van der Waals surface area contributed by atoms with Crippen molar-refractivity contribution in [2.24, 2.45) is 5.10 Å². The monoisotopic (exact) mass is 436 g/mol. The maximum absolute atomic E-state index is 13.7. The molecular formula is C24H24N2O4S. The number of benzene rings is 3. The van der Waals surface area contributed by atoms with Gasteiger partial charge in [-0.15, -0.1) is 0 Å². The molecule has 0 bridgehead atoms. The lowest BCUT2D eigenvalue weighted by Crippen LogP contribution is -2.28. The van der Waals surface area contributed by atoms with Crippen LogP contribution in [0.4, 0.5) is 0 Å². The van der Waals surface area contributed by atoms with Gasteiger partial charge in [-0.2, -0.15) is 17.9 Å². The molecule has 7 heteroatoms. The minimum Gasteiger partial charge on any atom is -0.493 e. The van der Waals surface area contributed by atoms with Crippen molar-refractivity contribution in [3.8, 4) is 11.5 Å². The maximum atomic E-state index is 13.7. The van der Waals surface area contributed by atoms with Gasteiger partial charge in [-0.25, -0.2) is 0 Å². The minimum atomic E-state index is -3.90. The highest BCUT2D eigenvalue weighted by atomic mass is 32.2. The first-order valence-corrected chi connectivity index (χ1v) is 11.3. The van der Waals surface area contributed by atoms with E-state index in [1.54, 1.807) is 45.4 Å². The van der Waals surface area contributed by atoms with E-state index in [0.717, 1.165) is 5.56 Å². The lowest BCUT2D eigenvalue weighted by atomic mass is 9.98. The van der Waals surface area contributed by atoms with Gasteiger partial charge in [-0.3, -0.25) is 0 Å². The van der Waals surface area contributed by atoms with Gasteiger partial charge in [0.25, 0.3) is 10.0 Å². The number of aryl methyl sites for hydroxylation is 1. The van der Waals surface area contributed by atoms with Crippen LogP contribution in [0.1, 0.15) is 29.2 Å². The molecule has 3 aromatic carbocycles. The minimum absolute atomic E-state index is 0.236. The predicted molar refractivity (Wildman–Crippen MR) is 120 cm³/mol. The smallest absolute Gasteiger partial charge is 0.279 e. The zero-order valence-corrected chi connectivity index (χ0v) is 18.5. The van der Waals surface area contributed by atoms with Gasteiger partial charge in [-0.05, 0) is 30.2 Å². The van der Waals surface area contributed by atoms with Crippen molar-refractivity contribution < 1.29 is 17.9 Å². The average molecular weight is 437 g/mol. The van der Waals surface area contributed by atoms with Gasteiger partial charge in [0.05, 0.1) is 30.9 Å². The van der Waals surface area contributed by atoms with Crippen molar-refractivity contribution in [1.82, 2.24) is 4.41 Å². The third-order valence-electron chi connectivity index (χ3n) is 5.39. The molecule has 0 radical (unpaired) electrons. The Morgan fingerprint density at radius 1 is 0.903 bits per heavy atom. The average Bonchev–Trinajstić information content (AvgIpc) is 3.25. The Bertz CT molecular complexity index is 1220. The molecule has 0 amide bonds. The fourth-order valence-corrected chi connectivity index (χ4v) is 5.52. The molecule has 0 N–H and O–H groups in total. The van der Waals surface area contributed by atoms with Gasteiger partial charge in [-0.1, -0.05) is 60.7 Å². The second-order valence-corrected chi connectivity index (χ2v) is 9.02. The number of ether oxygens (including phenoxy) is 2. The summed E-state index contributed by atoms with van der Waals surface area (Å²) in [5.74, 6) is 1.05. The Morgan fingerprint density at radius 3 is 2.29 bits per heavy atom. The zero-order chi connectivity index (χ0) is 22.0. The number of hydrazone groups is 1. The van der Waals surface area contributed by atoms with Crippen LogP contribution < -0.4 is 9.47 Å². The van der Waals surface area contributed by atoms with Crippen LogP contribution in [0.5, 0.6) is 11.5 Å². The number of nitrogens with zero attached hydrogens (tertiary/aromatic N) is 2. The van der Waals surface area contributed by atoms with E-state index in [1.165, 1.54) is 4.41 Å². The molecule has 0 saturated heterocycles. The van der Waals surface area contributed by atoms with Crippen molar-refractivity contribution in [2.75, 3.05) is 14.2 Å². The summed E-state index contributed by atoms with van der Waals surface area (Å²) < 4.78 is 39.7. The highest BCUT2D eigenvalue weighted by Gasteiger charge is 2.40. The van der Waals surface area contributed by atoms with Crippen molar-refractivity contribution in [3.63, 3.8) is 0 Å². The van der Waals surface area contributed by atoms with Crippen LogP contribution in [0, 0.1) is 6.92 Å². The van der Waals surface area contributed by atoms with Crippen molar-refractivity contribution >= 4 is 15.7 Å². The molecule has 0 saturated carbocycles. The Morgan fingerprint density at radius 2 is 1.61 bits per heavy atom. The molecule has 1 aliphatic heterocycles. The quantitative estimate of drug-likeness (QED) is 0.568. The Labute approximate surface area is 182 Å². The molecule has 0 aromatic heterocycles. The van der Waals surface area contributed by atoms with E-state index >= 15 is 0 Å². The summed E-state index contributed by atoms with van der Waals surface area (Å²) >= 11 is 0. The van der Waals surface area contributed by atoms with Gasteiger partial charge < -0.3 is 9.47 Å². The Balaban J connectivity index is 1.88. The number of rotatable bonds is 6. The van der Waals surface area contributed by atoms with Gasteiger partial charge in [0.2, 0.25) is 0 Å². The van der Waals surface area contributed by atoms with E-state index in [0.29, 0.717) is 34.8 Å². The van der Waals surface area contributed by atoms with Gasteiger partial charge in [0, 0.05) is 12.0 Å². The highest BCUT2D eigenvalue weighted by Crippen LogP contribution is 2.44. The predicted octanol–water partition coefficient (Wildman–Crippen LogP) is 4.55. The third-order valence-corrected chi connectivity index (χ3v) is 7.23. The largest absolute Gasteiger partial charge is 0.493 e. The second kappa shape index (κ2) is 8.43. The lowest BCUT2D eigenvalue weighted by molar-refractivity contribution is 0.328. The molecule has 0 spiro atoms. The molecule has 6 nitrogen and oxygen atoms in total. The summed E-state index contributed by atoms with van der Waals surface area (Å²) in [5.41, 5.74) is 2.96. The van der Waals surface area contributed by atoms with Gasteiger partial charge >= 0.3 is 0 Å². The van der Waals surface area contributed by atoms with Gasteiger partial charge in [0.1, 0.15) is 0 Å². The summed E-state index contributed by atoms with van der Waals surface area (Å²) in [5, 5.41) is 4.60. The van der Waals surface area contributed by atoms with E-state index in [2.05, 4.69) is 5.10 Å². The number of hydrogen-bond donors (Lipinski definition) is 0. The van der Waals surface area contributed by atoms with Crippen LogP contribution in [0.2, 0.25) is 0 Å². The Kier molecular flexibility index (Phi) is 5.69. The maximum Gasteiger partial charge on any atom is 0.279 e. The topological polar surface area (TPSA) is 68.2 Å². The summed E-state index contributed by atoms with van der Waals surface area (Å²) in [6, 6.07) is 21.5. The second-order valence-electron chi connectivity index (χ2n) is 7.26. The molecule has 0 fully saturated rings. The van der Waals surface area contributed by atoms with Crippen LogP contribution in [0.15, 0.2) is 82.8 Å². The molecule has 4 rings (SSSR count). The number of sulfonamides is 1. The summed E-state index contributed by atoms with van der Waals surface area (Å²) in [4.78, 5) is 0.236. The first kappa shape index (κ1) is 20.9. The standard InChI is InChI=1S/C24H24N2O4S/c1-17-10-7-8-15-23(17)31(27,28)26-21(16-20(25-26)18-11-5-4-6-12-18)19-13-9-14-22(29-2)24(19)30-3/h4-15,21H,16H2,1-3H3. The molecular weight excluding hydrogens is 412 g/mol. The van der Waals surface area contributed by atoms with Crippen molar-refractivity contribution in [3.05, 3.63) is 89.5 Å². The number of hydrogen-bond acceptors (Lipinski definition) is 5. The first-order valence-electron chi connectivity index (χ1n) is 9.91. The van der Waals surface area contributed by atoms with Crippen LogP contribution in [0.3, 0.4) is 0 Å². The highest BCUT2D eigenvalue weighted by molar-refractivity contribution is 7.89. The van der Waals surface area contributed by atoms with E-state index in [4.69, 9.17) is 9.47 Å². The Hall–Kier alpha value is -3.32. The van der Waals surface area contributed by atoms with Crippen LogP contribution in [-0.2, 0) is 10.0 Å². The van der Waals surface area contributed by atoms with Crippen LogP contribution >= 0.6 is 0 Å². The van der Waals surface area contributed by atoms with E-state index in [9.17, 15) is 8.42 Å².